The van der Waals surface area contributed by atoms with Crippen molar-refractivity contribution in [3.05, 3.63) is 24.5 Å². The van der Waals surface area contributed by atoms with Crippen LogP contribution >= 0.6 is 0 Å². The van der Waals surface area contributed by atoms with Crippen molar-refractivity contribution in [2.24, 2.45) is 0 Å². The summed E-state index contributed by atoms with van der Waals surface area (Å²) in [7, 11) is 0. The van der Waals surface area contributed by atoms with E-state index in [2.05, 4.69) is 31.7 Å². The Balaban J connectivity index is 1.15. The van der Waals surface area contributed by atoms with Crippen molar-refractivity contribution in [1.29, 1.82) is 0 Å². The summed E-state index contributed by atoms with van der Waals surface area (Å²) in [6, 6.07) is 4.03. The van der Waals surface area contributed by atoms with Crippen LogP contribution in [0.15, 0.2) is 24.5 Å². The Bertz CT molecular complexity index is 885. The Kier molecular flexibility index (Phi) is 6.27. The number of hydrogen-bond acceptors (Lipinski definition) is 6. The molecule has 0 saturated carbocycles. The Morgan fingerprint density at radius 3 is 2.69 bits per heavy atom. The maximum Gasteiger partial charge on any atom is 0.219 e. The number of ether oxygens (including phenoxy) is 1. The molecular weight excluding hydrogens is 368 g/mol. The molecule has 2 saturated heterocycles. The molecular formula is C21H28N6O2. The van der Waals surface area contributed by atoms with Crippen LogP contribution in [-0.4, -0.2) is 88.8 Å². The van der Waals surface area contributed by atoms with E-state index < -0.39 is 0 Å². The highest BCUT2D eigenvalue weighted by Crippen LogP contribution is 2.19. The van der Waals surface area contributed by atoms with Gasteiger partial charge in [-0.2, -0.15) is 0 Å². The molecule has 0 atom stereocenters. The Morgan fingerprint density at radius 2 is 1.93 bits per heavy atom. The molecule has 4 rings (SSSR count). The van der Waals surface area contributed by atoms with Gasteiger partial charge in [0.15, 0.2) is 5.65 Å². The lowest BCUT2D eigenvalue weighted by molar-refractivity contribution is -0.130. The first kappa shape index (κ1) is 19.7. The third-order valence-electron chi connectivity index (χ3n) is 5.64. The van der Waals surface area contributed by atoms with Gasteiger partial charge in [0, 0.05) is 58.6 Å². The van der Waals surface area contributed by atoms with E-state index in [1.54, 1.807) is 13.1 Å². The van der Waals surface area contributed by atoms with Gasteiger partial charge >= 0.3 is 0 Å². The maximum absolute atomic E-state index is 11.3. The molecule has 0 spiro atoms. The summed E-state index contributed by atoms with van der Waals surface area (Å²) in [6.45, 7) is 8.12. The number of carbonyl (C=O) groups is 1. The number of piperidine rings is 1. The molecule has 0 aliphatic carbocycles. The number of rotatable bonds is 4. The van der Waals surface area contributed by atoms with Crippen LogP contribution in [0.5, 0.6) is 0 Å². The number of aromatic nitrogens is 3. The molecule has 0 N–H and O–H groups in total. The van der Waals surface area contributed by atoms with Gasteiger partial charge < -0.3 is 14.5 Å². The van der Waals surface area contributed by atoms with Crippen molar-refractivity contribution in [1.82, 2.24) is 24.4 Å². The second-order valence-corrected chi connectivity index (χ2v) is 7.55. The highest BCUT2D eigenvalue weighted by molar-refractivity contribution is 5.73. The predicted octanol–water partition coefficient (Wildman–Crippen LogP) is 0.882. The van der Waals surface area contributed by atoms with E-state index in [0.717, 1.165) is 70.1 Å². The molecule has 2 aromatic heterocycles. The van der Waals surface area contributed by atoms with Gasteiger partial charge in [-0.05, 0) is 25.0 Å². The third kappa shape index (κ3) is 5.05. The number of piperazine rings is 1. The molecule has 4 heterocycles. The van der Waals surface area contributed by atoms with Crippen LogP contribution < -0.4 is 4.90 Å². The van der Waals surface area contributed by atoms with Gasteiger partial charge in [-0.25, -0.2) is 9.50 Å². The standard InChI is InChI=1S/C21H28N6O2/c1-18(28)25-15-13-24(14-16-25)9-2-3-17-29-19-6-10-26(11-7-19)21-5-4-20-22-8-12-27(20)23-21/h4-5,8,12,19H,6-7,9-11,13-17H2,1H3. The number of anilines is 1. The number of imidazole rings is 1. The molecule has 0 radical (unpaired) electrons. The van der Waals surface area contributed by atoms with Crippen molar-refractivity contribution >= 4 is 17.4 Å². The van der Waals surface area contributed by atoms with Gasteiger partial charge in [-0.15, -0.1) is 5.10 Å². The van der Waals surface area contributed by atoms with Crippen molar-refractivity contribution in [2.75, 3.05) is 57.3 Å². The SMILES string of the molecule is CC(=O)N1CCN(CC#CCOC2CCN(c3ccc4nccn4n3)CC2)CC1. The van der Waals surface area contributed by atoms with Crippen LogP contribution in [0.4, 0.5) is 5.82 Å². The van der Waals surface area contributed by atoms with E-state index in [1.165, 1.54) is 0 Å². The third-order valence-corrected chi connectivity index (χ3v) is 5.64. The van der Waals surface area contributed by atoms with E-state index in [1.807, 2.05) is 27.7 Å². The van der Waals surface area contributed by atoms with Gasteiger partial charge in [0.1, 0.15) is 12.4 Å². The first-order valence-electron chi connectivity index (χ1n) is 10.3. The highest BCUT2D eigenvalue weighted by atomic mass is 16.5. The quantitative estimate of drug-likeness (QED) is 0.715. The fourth-order valence-electron chi connectivity index (χ4n) is 3.82. The van der Waals surface area contributed by atoms with E-state index in [9.17, 15) is 4.79 Å². The van der Waals surface area contributed by atoms with Crippen molar-refractivity contribution < 1.29 is 9.53 Å². The molecule has 0 aromatic carbocycles. The van der Waals surface area contributed by atoms with E-state index in [-0.39, 0.29) is 12.0 Å². The smallest absolute Gasteiger partial charge is 0.219 e. The summed E-state index contributed by atoms with van der Waals surface area (Å²) in [5, 5.41) is 4.62. The largest absolute Gasteiger partial charge is 0.365 e. The zero-order chi connectivity index (χ0) is 20.1. The van der Waals surface area contributed by atoms with Crippen LogP contribution in [-0.2, 0) is 9.53 Å². The van der Waals surface area contributed by atoms with Crippen molar-refractivity contribution in [3.63, 3.8) is 0 Å². The number of carbonyl (C=O) groups excluding carboxylic acids is 1. The van der Waals surface area contributed by atoms with Gasteiger partial charge in [-0.3, -0.25) is 9.69 Å². The Morgan fingerprint density at radius 1 is 1.14 bits per heavy atom. The van der Waals surface area contributed by atoms with E-state index in [4.69, 9.17) is 4.74 Å². The zero-order valence-corrected chi connectivity index (χ0v) is 17.0. The fourth-order valence-corrected chi connectivity index (χ4v) is 3.82. The highest BCUT2D eigenvalue weighted by Gasteiger charge is 2.21. The van der Waals surface area contributed by atoms with Crippen LogP contribution in [0, 0.1) is 11.8 Å². The summed E-state index contributed by atoms with van der Waals surface area (Å²) in [5.74, 6) is 7.49. The summed E-state index contributed by atoms with van der Waals surface area (Å²) in [5.41, 5.74) is 0.867. The number of hydrogen-bond donors (Lipinski definition) is 0. The maximum atomic E-state index is 11.3. The van der Waals surface area contributed by atoms with Crippen LogP contribution in [0.3, 0.4) is 0 Å². The fraction of sp³-hybridized carbons (Fsp3) is 0.571. The molecule has 2 fully saturated rings. The number of fused-ring (bicyclic) bond motifs is 1. The van der Waals surface area contributed by atoms with Crippen LogP contribution in [0.25, 0.3) is 5.65 Å². The normalized spacial score (nSPS) is 18.7. The lowest BCUT2D eigenvalue weighted by Crippen LogP contribution is -2.47. The predicted molar refractivity (Wildman–Crippen MR) is 111 cm³/mol. The molecule has 2 aliphatic rings. The molecule has 154 valence electrons. The minimum absolute atomic E-state index is 0.160. The second-order valence-electron chi connectivity index (χ2n) is 7.55. The van der Waals surface area contributed by atoms with Crippen LogP contribution in [0.1, 0.15) is 19.8 Å². The molecule has 29 heavy (non-hydrogen) atoms. The molecule has 2 aliphatic heterocycles. The first-order valence-corrected chi connectivity index (χ1v) is 10.3. The summed E-state index contributed by atoms with van der Waals surface area (Å²) in [6.07, 6.45) is 5.86. The minimum Gasteiger partial charge on any atom is -0.365 e. The molecule has 1 amide bonds. The molecule has 0 unspecified atom stereocenters. The lowest BCUT2D eigenvalue weighted by atomic mass is 10.1. The van der Waals surface area contributed by atoms with Gasteiger partial charge in [0.05, 0.1) is 12.6 Å². The number of nitrogens with zero attached hydrogens (tertiary/aromatic N) is 6. The first-order chi connectivity index (χ1) is 14.2. The summed E-state index contributed by atoms with van der Waals surface area (Å²) in [4.78, 5) is 22.1. The molecule has 8 nitrogen and oxygen atoms in total. The van der Waals surface area contributed by atoms with Gasteiger partial charge in [0.25, 0.3) is 0 Å². The van der Waals surface area contributed by atoms with Gasteiger partial charge in [0.2, 0.25) is 5.91 Å². The zero-order valence-electron chi connectivity index (χ0n) is 17.0. The van der Waals surface area contributed by atoms with Gasteiger partial charge in [-0.1, -0.05) is 11.8 Å². The second kappa shape index (κ2) is 9.25. The van der Waals surface area contributed by atoms with E-state index >= 15 is 0 Å². The topological polar surface area (TPSA) is 66.2 Å². The Labute approximate surface area is 171 Å². The molecule has 2 aromatic rings. The average Bonchev–Trinajstić information content (AvgIpc) is 3.22. The average molecular weight is 396 g/mol. The monoisotopic (exact) mass is 396 g/mol. The van der Waals surface area contributed by atoms with E-state index in [0.29, 0.717) is 6.61 Å². The van der Waals surface area contributed by atoms with Crippen molar-refractivity contribution in [2.45, 2.75) is 25.9 Å². The lowest BCUT2D eigenvalue weighted by Gasteiger charge is -2.33. The van der Waals surface area contributed by atoms with Crippen molar-refractivity contribution in [3.8, 4) is 11.8 Å². The van der Waals surface area contributed by atoms with Crippen LogP contribution in [0.2, 0.25) is 0 Å². The number of amides is 1. The molecule has 0 bridgehead atoms. The summed E-state index contributed by atoms with van der Waals surface area (Å²) < 4.78 is 7.77. The minimum atomic E-state index is 0.160. The Hall–Kier alpha value is -2.63. The molecule has 8 heteroatoms. The summed E-state index contributed by atoms with van der Waals surface area (Å²) >= 11 is 0.